The molecule has 0 saturated carbocycles. The molecule has 35 heavy (non-hydrogen) atoms. The van der Waals surface area contributed by atoms with Gasteiger partial charge >= 0.3 is 5.97 Å². The van der Waals surface area contributed by atoms with Crippen LogP contribution in [0.15, 0.2) is 94.5 Å². The average molecular weight is 533 g/mol. The highest BCUT2D eigenvalue weighted by atomic mass is 79.9. The van der Waals surface area contributed by atoms with Crippen LogP contribution in [0.25, 0.3) is 10.8 Å². The van der Waals surface area contributed by atoms with Crippen LogP contribution >= 0.6 is 15.9 Å². The molecule has 0 saturated heterocycles. The molecule has 4 aromatic carbocycles. The predicted molar refractivity (Wildman–Crippen MR) is 137 cm³/mol. The van der Waals surface area contributed by atoms with E-state index in [4.69, 9.17) is 14.2 Å². The number of halogens is 1. The Morgan fingerprint density at radius 2 is 1.63 bits per heavy atom. The van der Waals surface area contributed by atoms with Gasteiger partial charge in [0.15, 0.2) is 6.61 Å². The molecule has 7 nitrogen and oxygen atoms in total. The molecule has 1 amide bonds. The van der Waals surface area contributed by atoms with Crippen molar-refractivity contribution in [3.63, 3.8) is 0 Å². The normalized spacial score (nSPS) is 10.8. The molecule has 0 fully saturated rings. The Labute approximate surface area is 210 Å². The highest BCUT2D eigenvalue weighted by molar-refractivity contribution is 9.10. The Morgan fingerprint density at radius 3 is 2.37 bits per heavy atom. The Kier molecular flexibility index (Phi) is 7.74. The van der Waals surface area contributed by atoms with Gasteiger partial charge in [-0.15, -0.1) is 0 Å². The van der Waals surface area contributed by atoms with Gasteiger partial charge < -0.3 is 14.2 Å². The Balaban J connectivity index is 1.26. The van der Waals surface area contributed by atoms with Gasteiger partial charge in [-0.2, -0.15) is 5.10 Å². The van der Waals surface area contributed by atoms with E-state index < -0.39 is 11.9 Å². The van der Waals surface area contributed by atoms with Crippen LogP contribution in [0.1, 0.15) is 15.9 Å². The van der Waals surface area contributed by atoms with E-state index in [0.717, 1.165) is 15.2 Å². The third-order valence-electron chi connectivity index (χ3n) is 5.01. The van der Waals surface area contributed by atoms with Crippen LogP contribution in [0, 0.1) is 0 Å². The van der Waals surface area contributed by atoms with Gasteiger partial charge in [0.25, 0.3) is 5.91 Å². The number of benzene rings is 4. The number of methoxy groups -OCH3 is 1. The van der Waals surface area contributed by atoms with Gasteiger partial charge in [-0.05, 0) is 86.9 Å². The van der Waals surface area contributed by atoms with Gasteiger partial charge in [-0.3, -0.25) is 4.79 Å². The molecule has 0 radical (unpaired) electrons. The summed E-state index contributed by atoms with van der Waals surface area (Å²) in [5, 5.41) is 6.02. The highest BCUT2D eigenvalue weighted by Gasteiger charge is 2.10. The van der Waals surface area contributed by atoms with E-state index in [1.165, 1.54) is 6.21 Å². The summed E-state index contributed by atoms with van der Waals surface area (Å²) >= 11 is 3.53. The predicted octanol–water partition coefficient (Wildman–Crippen LogP) is 5.36. The SMILES string of the molecule is COc1ccc(C(=O)Oc2ccc(C=NNC(=O)COc3ccc4ccccc4c3Br)cc2)cc1. The first kappa shape index (κ1) is 24.0. The fraction of sp³-hybridized carbons (Fsp3) is 0.0741. The number of amides is 1. The van der Waals surface area contributed by atoms with Crippen molar-refractivity contribution in [2.45, 2.75) is 0 Å². The van der Waals surface area contributed by atoms with Crippen molar-refractivity contribution >= 4 is 44.8 Å². The minimum absolute atomic E-state index is 0.186. The van der Waals surface area contributed by atoms with Crippen LogP contribution in [0.3, 0.4) is 0 Å². The molecule has 0 atom stereocenters. The summed E-state index contributed by atoms with van der Waals surface area (Å²) in [5.74, 6) is 0.750. The zero-order chi connectivity index (χ0) is 24.6. The number of hydrazone groups is 1. The number of carbonyl (C=O) groups is 2. The molecular weight excluding hydrogens is 512 g/mol. The van der Waals surface area contributed by atoms with Crippen molar-refractivity contribution in [1.82, 2.24) is 5.43 Å². The number of esters is 1. The van der Waals surface area contributed by atoms with Crippen LogP contribution in [0.5, 0.6) is 17.2 Å². The first-order chi connectivity index (χ1) is 17.0. The fourth-order valence-electron chi connectivity index (χ4n) is 3.19. The van der Waals surface area contributed by atoms with Gasteiger partial charge in [-0.25, -0.2) is 10.2 Å². The molecular formula is C27H21BrN2O5. The van der Waals surface area contributed by atoms with Gasteiger partial charge in [-0.1, -0.05) is 30.3 Å². The second-order valence-corrected chi connectivity index (χ2v) is 8.16. The Hall–Kier alpha value is -4.17. The minimum atomic E-state index is -0.473. The molecule has 0 spiro atoms. The first-order valence-corrected chi connectivity index (χ1v) is 11.4. The van der Waals surface area contributed by atoms with E-state index in [0.29, 0.717) is 28.4 Å². The van der Waals surface area contributed by atoms with Crippen LogP contribution < -0.4 is 19.6 Å². The monoisotopic (exact) mass is 532 g/mol. The standard InChI is InChI=1S/C27H21BrN2O5/c1-33-21-13-8-20(9-14-21)27(32)35-22-11-6-18(7-12-22)16-29-30-25(31)17-34-24-15-10-19-4-2-3-5-23(19)26(24)28/h2-16H,17H2,1H3,(H,30,31). The lowest BCUT2D eigenvalue weighted by molar-refractivity contribution is -0.123. The maximum absolute atomic E-state index is 12.2. The minimum Gasteiger partial charge on any atom is -0.497 e. The van der Waals surface area contributed by atoms with E-state index in [1.54, 1.807) is 55.6 Å². The van der Waals surface area contributed by atoms with Crippen molar-refractivity contribution < 1.29 is 23.8 Å². The lowest BCUT2D eigenvalue weighted by Gasteiger charge is -2.09. The van der Waals surface area contributed by atoms with Crippen LogP contribution in [0.2, 0.25) is 0 Å². The van der Waals surface area contributed by atoms with Gasteiger partial charge in [0, 0.05) is 0 Å². The second kappa shape index (κ2) is 11.3. The molecule has 8 heteroatoms. The van der Waals surface area contributed by atoms with Gasteiger partial charge in [0.2, 0.25) is 0 Å². The van der Waals surface area contributed by atoms with E-state index in [1.807, 2.05) is 36.4 Å². The van der Waals surface area contributed by atoms with Gasteiger partial charge in [0.1, 0.15) is 17.2 Å². The largest absolute Gasteiger partial charge is 0.497 e. The Bertz CT molecular complexity index is 1370. The van der Waals surface area contributed by atoms with Crippen molar-refractivity contribution in [2.75, 3.05) is 13.7 Å². The molecule has 0 heterocycles. The van der Waals surface area contributed by atoms with E-state index in [9.17, 15) is 9.59 Å². The quantitative estimate of drug-likeness (QED) is 0.143. The highest BCUT2D eigenvalue weighted by Crippen LogP contribution is 2.32. The molecule has 0 aliphatic carbocycles. The number of rotatable bonds is 8. The van der Waals surface area contributed by atoms with Crippen molar-refractivity contribution in [3.05, 3.63) is 101 Å². The topological polar surface area (TPSA) is 86.2 Å². The molecule has 0 unspecified atom stereocenters. The lowest BCUT2D eigenvalue weighted by Crippen LogP contribution is -2.24. The number of fused-ring (bicyclic) bond motifs is 1. The number of nitrogens with zero attached hydrogens (tertiary/aromatic N) is 1. The summed E-state index contributed by atoms with van der Waals surface area (Å²) in [6, 6.07) is 25.0. The zero-order valence-electron chi connectivity index (χ0n) is 18.7. The summed E-state index contributed by atoms with van der Waals surface area (Å²) in [7, 11) is 1.56. The summed E-state index contributed by atoms with van der Waals surface area (Å²) < 4.78 is 16.9. The fourth-order valence-corrected chi connectivity index (χ4v) is 3.80. The lowest BCUT2D eigenvalue weighted by atomic mass is 10.1. The van der Waals surface area contributed by atoms with Crippen molar-refractivity contribution in [2.24, 2.45) is 5.10 Å². The number of carbonyl (C=O) groups excluding carboxylic acids is 2. The van der Waals surface area contributed by atoms with Crippen LogP contribution in [-0.4, -0.2) is 31.8 Å². The summed E-state index contributed by atoms with van der Waals surface area (Å²) in [6.45, 7) is -0.186. The molecule has 1 N–H and O–H groups in total. The maximum atomic E-state index is 12.2. The molecule has 0 aliphatic heterocycles. The molecule has 176 valence electrons. The molecule has 0 aliphatic rings. The van der Waals surface area contributed by atoms with Crippen molar-refractivity contribution in [1.29, 1.82) is 0 Å². The number of hydrogen-bond donors (Lipinski definition) is 1. The molecule has 0 aromatic heterocycles. The number of ether oxygens (including phenoxy) is 3. The molecule has 0 bridgehead atoms. The first-order valence-electron chi connectivity index (χ1n) is 10.6. The van der Waals surface area contributed by atoms with Crippen LogP contribution in [0.4, 0.5) is 0 Å². The van der Waals surface area contributed by atoms with Crippen molar-refractivity contribution in [3.8, 4) is 17.2 Å². The zero-order valence-corrected chi connectivity index (χ0v) is 20.3. The third kappa shape index (κ3) is 6.24. The maximum Gasteiger partial charge on any atom is 0.343 e. The molecule has 4 rings (SSSR count). The number of hydrogen-bond acceptors (Lipinski definition) is 6. The van der Waals surface area contributed by atoms with E-state index >= 15 is 0 Å². The van der Waals surface area contributed by atoms with Gasteiger partial charge in [0.05, 0.1) is 23.4 Å². The Morgan fingerprint density at radius 1 is 0.914 bits per heavy atom. The third-order valence-corrected chi connectivity index (χ3v) is 5.82. The summed E-state index contributed by atoms with van der Waals surface area (Å²) in [6.07, 6.45) is 1.49. The van der Waals surface area contributed by atoms with Crippen LogP contribution in [-0.2, 0) is 4.79 Å². The average Bonchev–Trinajstić information content (AvgIpc) is 2.89. The number of nitrogens with one attached hydrogen (secondary N) is 1. The van der Waals surface area contributed by atoms with E-state index in [-0.39, 0.29) is 6.61 Å². The smallest absolute Gasteiger partial charge is 0.343 e. The summed E-state index contributed by atoms with van der Waals surface area (Å²) in [4.78, 5) is 24.3. The summed E-state index contributed by atoms with van der Waals surface area (Å²) in [5.41, 5.74) is 3.56. The second-order valence-electron chi connectivity index (χ2n) is 7.37. The molecule has 4 aromatic rings. The van der Waals surface area contributed by atoms with E-state index in [2.05, 4.69) is 26.5 Å².